The highest BCUT2D eigenvalue weighted by atomic mass is 15.1. The Morgan fingerprint density at radius 2 is 1.02 bits per heavy atom. The normalized spacial score (nSPS) is 25.4. The SMILES string of the molecule is c1ccc(N(c2ccc(-c3ccc4c(c3)C3(c5ccccc5-4)C4CC5CC(C4)CC3C5)cc2)c2ccc3ccccc3c2)cc1. The van der Waals surface area contributed by atoms with E-state index in [0.29, 0.717) is 0 Å². The average molecular weight is 580 g/mol. The summed E-state index contributed by atoms with van der Waals surface area (Å²) in [6.45, 7) is 0. The van der Waals surface area contributed by atoms with Gasteiger partial charge in [0.2, 0.25) is 0 Å². The second kappa shape index (κ2) is 9.69. The second-order valence-corrected chi connectivity index (χ2v) is 14.2. The maximum atomic E-state index is 2.60. The Kier molecular flexibility index (Phi) is 5.53. The summed E-state index contributed by atoms with van der Waals surface area (Å²) in [6.07, 6.45) is 7.17. The van der Waals surface area contributed by atoms with E-state index < -0.39 is 0 Å². The van der Waals surface area contributed by atoms with Crippen LogP contribution in [0.15, 0.2) is 140 Å². The molecule has 0 atom stereocenters. The van der Waals surface area contributed by atoms with Crippen LogP contribution in [0, 0.1) is 23.7 Å². The van der Waals surface area contributed by atoms with Gasteiger partial charge in [-0.2, -0.15) is 0 Å². The van der Waals surface area contributed by atoms with Crippen molar-refractivity contribution in [2.45, 2.75) is 37.5 Å². The lowest BCUT2D eigenvalue weighted by atomic mass is 9.43. The summed E-state index contributed by atoms with van der Waals surface area (Å²) in [5.74, 6) is 3.49. The van der Waals surface area contributed by atoms with Gasteiger partial charge in [0.1, 0.15) is 0 Å². The lowest BCUT2D eigenvalue weighted by Crippen LogP contribution is -2.55. The number of hydrogen-bond acceptors (Lipinski definition) is 1. The molecule has 6 aromatic rings. The molecule has 1 spiro atoms. The van der Waals surface area contributed by atoms with E-state index in [-0.39, 0.29) is 5.41 Å². The molecule has 0 saturated heterocycles. The van der Waals surface area contributed by atoms with E-state index in [0.717, 1.165) is 23.7 Å². The predicted octanol–water partition coefficient (Wildman–Crippen LogP) is 11.7. The Bertz CT molecular complexity index is 2040. The zero-order valence-electron chi connectivity index (χ0n) is 25.6. The highest BCUT2D eigenvalue weighted by molar-refractivity contribution is 5.90. The standard InChI is InChI=1S/C44H37N/c1-2-10-37(11-3-1)45(39-20-16-31-8-4-5-9-33(31)27-39)38-18-14-32(15-19-38)34-17-21-41-40-12-6-7-13-42(40)44(43(41)28-34)35-23-29-22-30(25-35)26-36(44)24-29/h1-21,27-30,35-36H,22-26H2. The minimum absolute atomic E-state index is 0.204. The molecule has 5 aliphatic rings. The van der Waals surface area contributed by atoms with Crippen molar-refractivity contribution in [2.24, 2.45) is 23.7 Å². The molecule has 0 aliphatic heterocycles. The molecule has 11 rings (SSSR count). The number of fused-ring (bicyclic) bond motifs is 4. The van der Waals surface area contributed by atoms with Crippen LogP contribution in [0.2, 0.25) is 0 Å². The van der Waals surface area contributed by atoms with Crippen molar-refractivity contribution in [3.05, 3.63) is 151 Å². The fourth-order valence-electron chi connectivity index (χ4n) is 10.5. The number of hydrogen-bond donors (Lipinski definition) is 0. The first-order chi connectivity index (χ1) is 22.3. The molecule has 6 aromatic carbocycles. The highest BCUT2D eigenvalue weighted by Crippen LogP contribution is 2.69. The molecule has 4 fully saturated rings. The van der Waals surface area contributed by atoms with Gasteiger partial charge in [-0.05, 0) is 142 Å². The van der Waals surface area contributed by atoms with E-state index in [2.05, 4.69) is 144 Å². The minimum atomic E-state index is 0.204. The minimum Gasteiger partial charge on any atom is -0.310 e. The summed E-state index contributed by atoms with van der Waals surface area (Å²) >= 11 is 0. The third kappa shape index (κ3) is 3.73. The lowest BCUT2D eigenvalue weighted by molar-refractivity contribution is -0.0399. The van der Waals surface area contributed by atoms with Gasteiger partial charge in [0.05, 0.1) is 0 Å². The van der Waals surface area contributed by atoms with Crippen LogP contribution in [0.1, 0.15) is 43.2 Å². The smallest absolute Gasteiger partial charge is 0.0468 e. The van der Waals surface area contributed by atoms with Gasteiger partial charge < -0.3 is 4.90 Å². The molecule has 0 unspecified atom stereocenters. The van der Waals surface area contributed by atoms with Crippen LogP contribution >= 0.6 is 0 Å². The Morgan fingerprint density at radius 1 is 0.422 bits per heavy atom. The summed E-state index contributed by atoms with van der Waals surface area (Å²) < 4.78 is 0. The van der Waals surface area contributed by atoms with Gasteiger partial charge in [0.25, 0.3) is 0 Å². The van der Waals surface area contributed by atoms with Crippen LogP contribution < -0.4 is 4.90 Å². The summed E-state index contributed by atoms with van der Waals surface area (Å²) in [4.78, 5) is 2.37. The van der Waals surface area contributed by atoms with Crippen molar-refractivity contribution in [2.75, 3.05) is 4.90 Å². The topological polar surface area (TPSA) is 3.24 Å². The summed E-state index contributed by atoms with van der Waals surface area (Å²) in [6, 6.07) is 52.3. The average Bonchev–Trinajstić information content (AvgIpc) is 3.38. The van der Waals surface area contributed by atoms with Crippen LogP contribution in [0.4, 0.5) is 17.1 Å². The molecule has 1 nitrogen and oxygen atoms in total. The third-order valence-corrected chi connectivity index (χ3v) is 12.0. The van der Waals surface area contributed by atoms with E-state index in [4.69, 9.17) is 0 Å². The molecule has 0 radical (unpaired) electrons. The first-order valence-electron chi connectivity index (χ1n) is 16.9. The van der Waals surface area contributed by atoms with Crippen LogP contribution in [0.25, 0.3) is 33.0 Å². The first-order valence-corrected chi connectivity index (χ1v) is 16.9. The molecular formula is C44H37N. The second-order valence-electron chi connectivity index (χ2n) is 14.2. The highest BCUT2D eigenvalue weighted by Gasteiger charge is 2.61. The van der Waals surface area contributed by atoms with Gasteiger partial charge >= 0.3 is 0 Å². The zero-order valence-corrected chi connectivity index (χ0v) is 25.6. The van der Waals surface area contributed by atoms with Crippen molar-refractivity contribution < 1.29 is 0 Å². The van der Waals surface area contributed by atoms with Crippen molar-refractivity contribution in [3.63, 3.8) is 0 Å². The zero-order chi connectivity index (χ0) is 29.5. The van der Waals surface area contributed by atoms with Gasteiger partial charge in [0, 0.05) is 22.5 Å². The number of nitrogens with zero attached hydrogens (tertiary/aromatic N) is 1. The monoisotopic (exact) mass is 579 g/mol. The maximum absolute atomic E-state index is 2.60. The van der Waals surface area contributed by atoms with E-state index in [1.165, 1.54) is 82.2 Å². The first kappa shape index (κ1) is 25.7. The van der Waals surface area contributed by atoms with Crippen LogP contribution in [0.5, 0.6) is 0 Å². The molecule has 4 saturated carbocycles. The van der Waals surface area contributed by atoms with E-state index in [9.17, 15) is 0 Å². The number of para-hydroxylation sites is 1. The Hall–Kier alpha value is -4.62. The summed E-state index contributed by atoms with van der Waals surface area (Å²) in [7, 11) is 0. The Morgan fingerprint density at radius 3 is 1.80 bits per heavy atom. The number of anilines is 3. The van der Waals surface area contributed by atoms with Gasteiger partial charge in [-0.3, -0.25) is 0 Å². The maximum Gasteiger partial charge on any atom is 0.0468 e. The predicted molar refractivity (Wildman–Crippen MR) is 187 cm³/mol. The van der Waals surface area contributed by atoms with E-state index in [1.54, 1.807) is 11.1 Å². The van der Waals surface area contributed by atoms with Crippen LogP contribution in [-0.4, -0.2) is 0 Å². The largest absolute Gasteiger partial charge is 0.310 e. The van der Waals surface area contributed by atoms with Crippen molar-refractivity contribution in [3.8, 4) is 22.3 Å². The van der Waals surface area contributed by atoms with Crippen molar-refractivity contribution in [1.82, 2.24) is 0 Å². The molecule has 0 aromatic heterocycles. The van der Waals surface area contributed by atoms with E-state index >= 15 is 0 Å². The van der Waals surface area contributed by atoms with Crippen molar-refractivity contribution in [1.29, 1.82) is 0 Å². The van der Waals surface area contributed by atoms with Gasteiger partial charge in [-0.1, -0.05) is 97.1 Å². The number of benzene rings is 6. The molecule has 218 valence electrons. The van der Waals surface area contributed by atoms with Gasteiger partial charge in [-0.15, -0.1) is 0 Å². The molecule has 45 heavy (non-hydrogen) atoms. The third-order valence-electron chi connectivity index (χ3n) is 12.0. The molecule has 0 heterocycles. The van der Waals surface area contributed by atoms with E-state index in [1.807, 2.05) is 0 Å². The quantitative estimate of drug-likeness (QED) is 0.201. The van der Waals surface area contributed by atoms with Crippen LogP contribution in [0.3, 0.4) is 0 Å². The summed E-state index contributed by atoms with van der Waals surface area (Å²) in [5.41, 5.74) is 12.6. The lowest BCUT2D eigenvalue weighted by Gasteiger charge is -2.61. The summed E-state index contributed by atoms with van der Waals surface area (Å²) in [5, 5.41) is 2.52. The molecule has 1 heteroatoms. The fourth-order valence-corrected chi connectivity index (χ4v) is 10.5. The van der Waals surface area contributed by atoms with Gasteiger partial charge in [0.15, 0.2) is 0 Å². The Labute approximate surface area is 266 Å². The van der Waals surface area contributed by atoms with Gasteiger partial charge in [-0.25, -0.2) is 0 Å². The van der Waals surface area contributed by atoms with Crippen LogP contribution in [-0.2, 0) is 5.41 Å². The van der Waals surface area contributed by atoms with Crippen molar-refractivity contribution >= 4 is 27.8 Å². The molecular weight excluding hydrogens is 542 g/mol. The number of rotatable bonds is 4. The molecule has 0 amide bonds. The fraction of sp³-hybridized carbons (Fsp3) is 0.227. The molecule has 0 N–H and O–H groups in total. The molecule has 4 bridgehead atoms. The Balaban J connectivity index is 1.07. The molecule has 5 aliphatic carbocycles.